The number of pyridine rings is 1. The van der Waals surface area contributed by atoms with Crippen LogP contribution in [0.3, 0.4) is 0 Å². The van der Waals surface area contributed by atoms with Crippen LogP contribution >= 0.6 is 0 Å². The molecule has 0 unspecified atom stereocenters. The second-order valence-corrected chi connectivity index (χ2v) is 7.08. The zero-order valence-corrected chi connectivity index (χ0v) is 17.4. The predicted octanol–water partition coefficient (Wildman–Crippen LogP) is 3.72. The number of fused-ring (bicyclic) bond motifs is 1. The number of nitrogens with one attached hydrogen (secondary N) is 1. The van der Waals surface area contributed by atoms with Crippen molar-refractivity contribution in [2.45, 2.75) is 12.5 Å². The van der Waals surface area contributed by atoms with Gasteiger partial charge in [0.2, 0.25) is 0 Å². The average molecular weight is 416 g/mol. The Hall–Kier alpha value is -3.71. The third kappa shape index (κ3) is 4.57. The molecule has 2 heterocycles. The lowest BCUT2D eigenvalue weighted by Gasteiger charge is -2.19. The zero-order valence-electron chi connectivity index (χ0n) is 17.4. The van der Waals surface area contributed by atoms with Crippen LogP contribution in [0, 0.1) is 0 Å². The largest absolute Gasteiger partial charge is 0.493 e. The van der Waals surface area contributed by atoms with Gasteiger partial charge in [-0.1, -0.05) is 30.3 Å². The highest BCUT2D eigenvalue weighted by Crippen LogP contribution is 2.35. The van der Waals surface area contributed by atoms with Crippen molar-refractivity contribution in [1.29, 1.82) is 0 Å². The van der Waals surface area contributed by atoms with Crippen LogP contribution in [0.25, 0.3) is 22.3 Å². The summed E-state index contributed by atoms with van der Waals surface area (Å²) in [7, 11) is 3.18. The molecule has 0 radical (unpaired) electrons. The van der Waals surface area contributed by atoms with E-state index in [1.54, 1.807) is 26.6 Å². The first-order valence-corrected chi connectivity index (χ1v) is 9.97. The number of hydrogen-bond acceptors (Lipinski definition) is 7. The van der Waals surface area contributed by atoms with Gasteiger partial charge < -0.3 is 19.9 Å². The molecule has 0 saturated heterocycles. The van der Waals surface area contributed by atoms with Crippen LogP contribution in [-0.2, 0) is 6.42 Å². The van der Waals surface area contributed by atoms with Crippen LogP contribution < -0.4 is 14.8 Å². The maximum absolute atomic E-state index is 10.0. The number of ether oxygens (including phenoxy) is 2. The first-order chi connectivity index (χ1) is 15.2. The van der Waals surface area contributed by atoms with Crippen LogP contribution in [0.4, 0.5) is 5.82 Å². The van der Waals surface area contributed by atoms with Crippen LogP contribution in [-0.4, -0.2) is 46.9 Å². The Bertz CT molecular complexity index is 1150. The van der Waals surface area contributed by atoms with Gasteiger partial charge >= 0.3 is 0 Å². The monoisotopic (exact) mass is 416 g/mol. The highest BCUT2D eigenvalue weighted by molar-refractivity contribution is 5.93. The van der Waals surface area contributed by atoms with Gasteiger partial charge in [0.15, 0.2) is 17.3 Å². The third-order valence-electron chi connectivity index (χ3n) is 5.01. The van der Waals surface area contributed by atoms with E-state index in [2.05, 4.69) is 10.3 Å². The molecule has 1 atom stereocenters. The molecule has 0 aliphatic heterocycles. The molecule has 2 N–H and O–H groups in total. The molecule has 158 valence electrons. The summed E-state index contributed by atoms with van der Waals surface area (Å²) in [5, 5.41) is 14.2. The lowest BCUT2D eigenvalue weighted by Crippen LogP contribution is -2.27. The van der Waals surface area contributed by atoms with E-state index in [4.69, 9.17) is 19.4 Å². The smallest absolute Gasteiger partial charge is 0.163 e. The molecular formula is C24H24N4O3. The summed E-state index contributed by atoms with van der Waals surface area (Å²) in [4.78, 5) is 13.7. The number of aliphatic hydroxyl groups excluding tert-OH is 1. The molecule has 31 heavy (non-hydrogen) atoms. The quantitative estimate of drug-likeness (QED) is 0.452. The van der Waals surface area contributed by atoms with Gasteiger partial charge in [-0.15, -0.1) is 0 Å². The van der Waals surface area contributed by atoms with Crippen molar-refractivity contribution in [2.24, 2.45) is 0 Å². The molecule has 2 aromatic heterocycles. The van der Waals surface area contributed by atoms with Gasteiger partial charge in [-0.05, 0) is 30.2 Å². The second-order valence-electron chi connectivity index (χ2n) is 7.08. The number of aromatic nitrogens is 3. The highest BCUT2D eigenvalue weighted by atomic mass is 16.5. The summed E-state index contributed by atoms with van der Waals surface area (Å²) in [5.41, 5.74) is 2.62. The summed E-state index contributed by atoms with van der Waals surface area (Å²) in [6.07, 6.45) is 4.08. The maximum Gasteiger partial charge on any atom is 0.163 e. The van der Waals surface area contributed by atoms with E-state index >= 15 is 0 Å². The van der Waals surface area contributed by atoms with E-state index in [0.717, 1.165) is 16.5 Å². The number of methoxy groups -OCH3 is 2. The van der Waals surface area contributed by atoms with E-state index in [1.165, 1.54) is 0 Å². The van der Waals surface area contributed by atoms with E-state index < -0.39 is 0 Å². The molecule has 0 spiro atoms. The van der Waals surface area contributed by atoms with Crippen LogP contribution in [0.15, 0.2) is 67.0 Å². The fourth-order valence-electron chi connectivity index (χ4n) is 3.44. The Labute approximate surface area is 180 Å². The summed E-state index contributed by atoms with van der Waals surface area (Å²) in [6, 6.07) is 17.2. The van der Waals surface area contributed by atoms with Crippen LogP contribution in [0.1, 0.15) is 5.56 Å². The molecule has 7 heteroatoms. The molecule has 0 aliphatic rings. The molecule has 4 aromatic rings. The number of benzene rings is 2. The average Bonchev–Trinajstić information content (AvgIpc) is 2.83. The Balaban J connectivity index is 1.80. The van der Waals surface area contributed by atoms with Gasteiger partial charge in [-0.25, -0.2) is 9.97 Å². The van der Waals surface area contributed by atoms with E-state index in [0.29, 0.717) is 35.1 Å². The molecule has 0 aliphatic carbocycles. The topological polar surface area (TPSA) is 89.4 Å². The molecule has 0 saturated carbocycles. The predicted molar refractivity (Wildman–Crippen MR) is 121 cm³/mol. The molecule has 0 bridgehead atoms. The minimum absolute atomic E-state index is 0.0457. The SMILES string of the molecule is COc1cc2nc(-c3cccnc3)nc(N[C@H](CO)Cc3ccccc3)c2cc1OC. The zero-order chi connectivity index (χ0) is 21.6. The number of hydrogen-bond donors (Lipinski definition) is 2. The van der Waals surface area contributed by atoms with Crippen LogP contribution in [0.5, 0.6) is 11.5 Å². The van der Waals surface area contributed by atoms with E-state index in [-0.39, 0.29) is 12.6 Å². The van der Waals surface area contributed by atoms with E-state index in [9.17, 15) is 5.11 Å². The summed E-state index contributed by atoms with van der Waals surface area (Å²) < 4.78 is 10.9. The molecule has 0 fully saturated rings. The van der Waals surface area contributed by atoms with Gasteiger partial charge in [0, 0.05) is 29.4 Å². The Morgan fingerprint density at radius 1 is 0.968 bits per heavy atom. The number of anilines is 1. The minimum atomic E-state index is -0.227. The maximum atomic E-state index is 10.0. The lowest BCUT2D eigenvalue weighted by atomic mass is 10.1. The molecule has 7 nitrogen and oxygen atoms in total. The van der Waals surface area contributed by atoms with Crippen molar-refractivity contribution in [1.82, 2.24) is 15.0 Å². The van der Waals surface area contributed by atoms with Crippen molar-refractivity contribution in [3.05, 3.63) is 72.6 Å². The standard InChI is InChI=1S/C24H24N4O3/c1-30-21-12-19-20(13-22(21)31-2)27-23(17-9-6-10-25-14-17)28-24(19)26-18(15-29)11-16-7-4-3-5-8-16/h3-10,12-14,18,29H,11,15H2,1-2H3,(H,26,27,28)/t18-/m0/s1. The van der Waals surface area contributed by atoms with Crippen LogP contribution in [0.2, 0.25) is 0 Å². The van der Waals surface area contributed by atoms with Crippen molar-refractivity contribution < 1.29 is 14.6 Å². The van der Waals surface area contributed by atoms with Crippen molar-refractivity contribution >= 4 is 16.7 Å². The summed E-state index contributed by atoms with van der Waals surface area (Å²) >= 11 is 0. The van der Waals surface area contributed by atoms with Crippen molar-refractivity contribution in [2.75, 3.05) is 26.1 Å². The van der Waals surface area contributed by atoms with Gasteiger partial charge in [-0.3, -0.25) is 4.98 Å². The lowest BCUT2D eigenvalue weighted by molar-refractivity contribution is 0.273. The molecule has 0 amide bonds. The first kappa shape index (κ1) is 20.6. The Morgan fingerprint density at radius 3 is 2.42 bits per heavy atom. The van der Waals surface area contributed by atoms with Gasteiger partial charge in [0.25, 0.3) is 0 Å². The molecule has 4 rings (SSSR count). The normalized spacial score (nSPS) is 11.8. The molecule has 2 aromatic carbocycles. The number of nitrogens with zero attached hydrogens (tertiary/aromatic N) is 3. The van der Waals surface area contributed by atoms with E-state index in [1.807, 2.05) is 54.6 Å². The number of rotatable bonds is 8. The second kappa shape index (κ2) is 9.40. The van der Waals surface area contributed by atoms with Gasteiger partial charge in [0.05, 0.1) is 32.4 Å². The third-order valence-corrected chi connectivity index (χ3v) is 5.01. The highest BCUT2D eigenvalue weighted by Gasteiger charge is 2.17. The van der Waals surface area contributed by atoms with Gasteiger partial charge in [-0.2, -0.15) is 0 Å². The fourth-order valence-corrected chi connectivity index (χ4v) is 3.44. The Morgan fingerprint density at radius 2 is 1.74 bits per heavy atom. The summed E-state index contributed by atoms with van der Waals surface area (Å²) in [6.45, 7) is -0.0457. The first-order valence-electron chi connectivity index (χ1n) is 9.97. The van der Waals surface area contributed by atoms with Gasteiger partial charge in [0.1, 0.15) is 5.82 Å². The van der Waals surface area contributed by atoms with Crippen molar-refractivity contribution in [3.8, 4) is 22.9 Å². The van der Waals surface area contributed by atoms with Crippen molar-refractivity contribution in [3.63, 3.8) is 0 Å². The minimum Gasteiger partial charge on any atom is -0.493 e. The fraction of sp³-hybridized carbons (Fsp3) is 0.208. The Kier molecular flexibility index (Phi) is 6.24. The molecular weight excluding hydrogens is 392 g/mol. The summed E-state index contributed by atoms with van der Waals surface area (Å²) in [5.74, 6) is 2.31. The number of aliphatic hydroxyl groups is 1.